The molecule has 5 heteroatoms. The van der Waals surface area contributed by atoms with Crippen LogP contribution in [0.1, 0.15) is 24.2 Å². The van der Waals surface area contributed by atoms with Crippen molar-refractivity contribution >= 4 is 5.91 Å². The zero-order valence-electron chi connectivity index (χ0n) is 10.5. The van der Waals surface area contributed by atoms with Crippen LogP contribution < -0.4 is 5.73 Å². The summed E-state index contributed by atoms with van der Waals surface area (Å²) in [7, 11) is 0. The van der Waals surface area contributed by atoms with Crippen molar-refractivity contribution in [1.82, 2.24) is 14.7 Å². The van der Waals surface area contributed by atoms with Gasteiger partial charge >= 0.3 is 0 Å². The first-order valence-corrected chi connectivity index (χ1v) is 6.10. The van der Waals surface area contributed by atoms with Gasteiger partial charge in [-0.15, -0.1) is 0 Å². The first kappa shape index (κ1) is 12.1. The summed E-state index contributed by atoms with van der Waals surface area (Å²) < 4.78 is 1.77. The summed E-state index contributed by atoms with van der Waals surface area (Å²) in [5.41, 5.74) is 7.81. The Morgan fingerprint density at radius 2 is 2.12 bits per heavy atom. The molecule has 0 unspecified atom stereocenters. The zero-order chi connectivity index (χ0) is 12.4. The van der Waals surface area contributed by atoms with E-state index in [9.17, 15) is 4.79 Å². The summed E-state index contributed by atoms with van der Waals surface area (Å²) in [6, 6.07) is 2.24. The molecule has 2 rings (SSSR count). The molecular weight excluding hydrogens is 216 g/mol. The molecule has 0 spiro atoms. The Bertz CT molecular complexity index is 405. The number of likely N-dealkylation sites (tertiary alicyclic amines) is 1. The number of nitrogens with zero attached hydrogens (tertiary/aromatic N) is 3. The predicted molar refractivity (Wildman–Crippen MR) is 65.5 cm³/mol. The number of aromatic nitrogens is 2. The van der Waals surface area contributed by atoms with Crippen LogP contribution in [-0.4, -0.2) is 39.7 Å². The lowest BCUT2D eigenvalue weighted by Gasteiger charge is -2.30. The maximum Gasteiger partial charge on any atom is 0.244 e. The zero-order valence-corrected chi connectivity index (χ0v) is 10.5. The molecule has 0 saturated carbocycles. The average molecular weight is 236 g/mol. The van der Waals surface area contributed by atoms with Crippen LogP contribution >= 0.6 is 0 Å². The highest BCUT2D eigenvalue weighted by atomic mass is 16.2. The molecule has 0 bridgehead atoms. The molecule has 1 aliphatic heterocycles. The molecule has 2 N–H and O–H groups in total. The first-order chi connectivity index (χ1) is 8.06. The molecule has 1 aliphatic rings. The smallest absolute Gasteiger partial charge is 0.244 e. The highest BCUT2D eigenvalue weighted by molar-refractivity contribution is 5.76. The molecule has 1 amide bonds. The van der Waals surface area contributed by atoms with Crippen molar-refractivity contribution < 1.29 is 4.79 Å². The van der Waals surface area contributed by atoms with E-state index in [1.165, 1.54) is 0 Å². The third-order valence-electron chi connectivity index (χ3n) is 3.28. The molecule has 0 aromatic carbocycles. The minimum atomic E-state index is 0.142. The SMILES string of the molecule is Cc1cc(C)n(CC(=O)N2CCC(N)CC2)n1. The fourth-order valence-corrected chi connectivity index (χ4v) is 2.21. The van der Waals surface area contributed by atoms with E-state index in [-0.39, 0.29) is 11.9 Å². The van der Waals surface area contributed by atoms with Crippen molar-refractivity contribution in [3.05, 3.63) is 17.5 Å². The molecule has 17 heavy (non-hydrogen) atoms. The molecule has 2 heterocycles. The van der Waals surface area contributed by atoms with Crippen LogP contribution in [0.15, 0.2) is 6.07 Å². The summed E-state index contributed by atoms with van der Waals surface area (Å²) in [6.07, 6.45) is 1.81. The normalized spacial score (nSPS) is 17.5. The Balaban J connectivity index is 1.95. The summed E-state index contributed by atoms with van der Waals surface area (Å²) in [5.74, 6) is 0.142. The van der Waals surface area contributed by atoms with Crippen LogP contribution in [0.5, 0.6) is 0 Å². The van der Waals surface area contributed by atoms with Crippen molar-refractivity contribution in [3.63, 3.8) is 0 Å². The lowest BCUT2D eigenvalue weighted by atomic mass is 10.1. The molecule has 0 aliphatic carbocycles. The number of carbonyl (C=O) groups excluding carboxylic acids is 1. The Kier molecular flexibility index (Phi) is 3.47. The van der Waals surface area contributed by atoms with Gasteiger partial charge in [0.1, 0.15) is 6.54 Å². The fourth-order valence-electron chi connectivity index (χ4n) is 2.21. The third-order valence-corrected chi connectivity index (χ3v) is 3.28. The fraction of sp³-hybridized carbons (Fsp3) is 0.667. The largest absolute Gasteiger partial charge is 0.341 e. The molecule has 0 atom stereocenters. The number of hydrogen-bond acceptors (Lipinski definition) is 3. The van der Waals surface area contributed by atoms with Crippen LogP contribution in [0, 0.1) is 13.8 Å². The van der Waals surface area contributed by atoms with E-state index < -0.39 is 0 Å². The van der Waals surface area contributed by atoms with Gasteiger partial charge in [0.15, 0.2) is 0 Å². The molecule has 1 aromatic rings. The Morgan fingerprint density at radius 1 is 1.47 bits per heavy atom. The molecule has 1 aromatic heterocycles. The summed E-state index contributed by atoms with van der Waals surface area (Å²) in [5, 5.41) is 4.30. The van der Waals surface area contributed by atoms with Crippen LogP contribution in [0.3, 0.4) is 0 Å². The number of rotatable bonds is 2. The number of nitrogens with two attached hydrogens (primary N) is 1. The van der Waals surface area contributed by atoms with Crippen molar-refractivity contribution in [2.24, 2.45) is 5.73 Å². The van der Waals surface area contributed by atoms with E-state index >= 15 is 0 Å². The van der Waals surface area contributed by atoms with E-state index in [1.54, 1.807) is 4.68 Å². The van der Waals surface area contributed by atoms with Crippen molar-refractivity contribution in [3.8, 4) is 0 Å². The molecule has 1 saturated heterocycles. The number of aryl methyl sites for hydroxylation is 2. The van der Waals surface area contributed by atoms with E-state index in [0.717, 1.165) is 37.3 Å². The van der Waals surface area contributed by atoms with Gasteiger partial charge in [0.05, 0.1) is 5.69 Å². The third kappa shape index (κ3) is 2.85. The molecule has 1 fully saturated rings. The highest BCUT2D eigenvalue weighted by Gasteiger charge is 2.21. The molecule has 94 valence electrons. The number of amides is 1. The lowest BCUT2D eigenvalue weighted by Crippen LogP contribution is -2.44. The quantitative estimate of drug-likeness (QED) is 0.811. The lowest BCUT2D eigenvalue weighted by molar-refractivity contribution is -0.133. The number of carbonyl (C=O) groups is 1. The van der Waals surface area contributed by atoms with Crippen molar-refractivity contribution in [2.75, 3.05) is 13.1 Å². The van der Waals surface area contributed by atoms with Gasteiger partial charge < -0.3 is 10.6 Å². The van der Waals surface area contributed by atoms with Gasteiger partial charge in [-0.3, -0.25) is 9.48 Å². The van der Waals surface area contributed by atoms with Gasteiger partial charge in [-0.05, 0) is 32.8 Å². The average Bonchev–Trinajstić information content (AvgIpc) is 2.58. The summed E-state index contributed by atoms with van der Waals surface area (Å²) >= 11 is 0. The van der Waals surface area contributed by atoms with Crippen LogP contribution in [0.4, 0.5) is 0 Å². The van der Waals surface area contributed by atoms with E-state index in [4.69, 9.17) is 5.73 Å². The monoisotopic (exact) mass is 236 g/mol. The Labute approximate surface area is 102 Å². The molecular formula is C12H20N4O. The second-order valence-electron chi connectivity index (χ2n) is 4.80. The standard InChI is InChI=1S/C12H20N4O/c1-9-7-10(2)16(14-9)8-12(17)15-5-3-11(13)4-6-15/h7,11H,3-6,8,13H2,1-2H3. The maximum atomic E-state index is 12.1. The minimum absolute atomic E-state index is 0.142. The van der Waals surface area contributed by atoms with Crippen LogP contribution in [0.25, 0.3) is 0 Å². The van der Waals surface area contributed by atoms with Gasteiger partial charge in [-0.2, -0.15) is 5.10 Å². The summed E-state index contributed by atoms with van der Waals surface area (Å²) in [4.78, 5) is 13.9. The predicted octanol–water partition coefficient (Wildman–Crippen LogP) is 0.450. The molecule has 0 radical (unpaired) electrons. The highest BCUT2D eigenvalue weighted by Crippen LogP contribution is 2.10. The number of piperidine rings is 1. The van der Waals surface area contributed by atoms with Crippen molar-refractivity contribution in [2.45, 2.75) is 39.3 Å². The van der Waals surface area contributed by atoms with Crippen LogP contribution in [0.2, 0.25) is 0 Å². The Morgan fingerprint density at radius 3 is 2.65 bits per heavy atom. The second kappa shape index (κ2) is 4.87. The molecule has 5 nitrogen and oxygen atoms in total. The number of hydrogen-bond donors (Lipinski definition) is 1. The topological polar surface area (TPSA) is 64.2 Å². The van der Waals surface area contributed by atoms with E-state index in [2.05, 4.69) is 5.10 Å². The van der Waals surface area contributed by atoms with Gasteiger partial charge in [-0.25, -0.2) is 0 Å². The van der Waals surface area contributed by atoms with E-state index in [1.807, 2.05) is 24.8 Å². The van der Waals surface area contributed by atoms with Crippen molar-refractivity contribution in [1.29, 1.82) is 0 Å². The van der Waals surface area contributed by atoms with E-state index in [0.29, 0.717) is 6.54 Å². The first-order valence-electron chi connectivity index (χ1n) is 6.10. The second-order valence-corrected chi connectivity index (χ2v) is 4.80. The van der Waals surface area contributed by atoms with Gasteiger partial charge in [0.2, 0.25) is 5.91 Å². The summed E-state index contributed by atoms with van der Waals surface area (Å²) in [6.45, 7) is 5.81. The minimum Gasteiger partial charge on any atom is -0.341 e. The Hall–Kier alpha value is -1.36. The van der Waals surface area contributed by atoms with Gasteiger partial charge in [0, 0.05) is 24.8 Å². The van der Waals surface area contributed by atoms with Gasteiger partial charge in [0.25, 0.3) is 0 Å². The maximum absolute atomic E-state index is 12.1. The van der Waals surface area contributed by atoms with Gasteiger partial charge in [-0.1, -0.05) is 0 Å². The van der Waals surface area contributed by atoms with Crippen LogP contribution in [-0.2, 0) is 11.3 Å².